The largest absolute Gasteiger partial charge is 0.497 e. The van der Waals surface area contributed by atoms with Crippen LogP contribution in [0.15, 0.2) is 50.2 Å². The van der Waals surface area contributed by atoms with Gasteiger partial charge in [-0.3, -0.25) is 4.79 Å². The standard InChI is InChI=1S/C22H18O6/c1-11-15-8-17-18(13-4-6-14(26-3)7-5-13)10-27-20(17)12(2)21(15)28-22(25)16(11)9-19(23)24/h4-8,10H,9H2,1-3H3,(H,23,24). The van der Waals surface area contributed by atoms with Gasteiger partial charge in [0.15, 0.2) is 0 Å². The average Bonchev–Trinajstić information content (AvgIpc) is 3.10. The number of ether oxygens (including phenoxy) is 1. The van der Waals surface area contributed by atoms with Crippen LogP contribution in [0.3, 0.4) is 0 Å². The molecule has 0 amide bonds. The topological polar surface area (TPSA) is 89.9 Å². The van der Waals surface area contributed by atoms with Crippen LogP contribution in [-0.4, -0.2) is 18.2 Å². The highest BCUT2D eigenvalue weighted by Crippen LogP contribution is 2.37. The van der Waals surface area contributed by atoms with E-state index in [-0.39, 0.29) is 12.0 Å². The van der Waals surface area contributed by atoms with Gasteiger partial charge in [-0.05, 0) is 43.2 Å². The first kappa shape index (κ1) is 17.9. The molecule has 0 fully saturated rings. The van der Waals surface area contributed by atoms with E-state index >= 15 is 0 Å². The summed E-state index contributed by atoms with van der Waals surface area (Å²) >= 11 is 0. The summed E-state index contributed by atoms with van der Waals surface area (Å²) in [5.41, 5.74) is 3.75. The minimum absolute atomic E-state index is 0.160. The molecule has 0 bridgehead atoms. The van der Waals surface area contributed by atoms with Crippen LogP contribution < -0.4 is 10.4 Å². The molecule has 28 heavy (non-hydrogen) atoms. The van der Waals surface area contributed by atoms with E-state index in [1.165, 1.54) is 0 Å². The number of benzene rings is 2. The number of carboxylic acid groups (broad SMARTS) is 1. The SMILES string of the molecule is COc1ccc(-c2coc3c(C)c4oc(=O)c(CC(=O)O)c(C)c4cc23)cc1. The third-order valence-corrected chi connectivity index (χ3v) is 5.07. The Morgan fingerprint density at radius 3 is 2.43 bits per heavy atom. The molecule has 0 saturated carbocycles. The van der Waals surface area contributed by atoms with Crippen LogP contribution in [0.4, 0.5) is 0 Å². The van der Waals surface area contributed by atoms with Crippen LogP contribution in [0.25, 0.3) is 33.1 Å². The molecule has 2 aromatic heterocycles. The van der Waals surface area contributed by atoms with Crippen molar-refractivity contribution in [1.82, 2.24) is 0 Å². The Kier molecular flexibility index (Phi) is 4.19. The minimum Gasteiger partial charge on any atom is -0.497 e. The highest BCUT2D eigenvalue weighted by molar-refractivity contribution is 6.05. The zero-order chi connectivity index (χ0) is 20.0. The number of rotatable bonds is 4. The molecule has 2 heterocycles. The van der Waals surface area contributed by atoms with Crippen molar-refractivity contribution in [1.29, 1.82) is 0 Å². The van der Waals surface area contributed by atoms with Gasteiger partial charge in [0.1, 0.15) is 16.9 Å². The third-order valence-electron chi connectivity index (χ3n) is 5.07. The van der Waals surface area contributed by atoms with Crippen molar-refractivity contribution in [2.75, 3.05) is 7.11 Å². The van der Waals surface area contributed by atoms with Gasteiger partial charge in [0.05, 0.1) is 25.4 Å². The van der Waals surface area contributed by atoms with E-state index in [4.69, 9.17) is 18.7 Å². The summed E-state index contributed by atoms with van der Waals surface area (Å²) in [7, 11) is 1.61. The van der Waals surface area contributed by atoms with E-state index in [2.05, 4.69) is 0 Å². The number of aryl methyl sites for hydroxylation is 2. The second-order valence-electron chi connectivity index (χ2n) is 6.70. The van der Waals surface area contributed by atoms with E-state index < -0.39 is 11.6 Å². The number of hydrogen-bond donors (Lipinski definition) is 1. The Hall–Kier alpha value is -3.54. The first-order valence-corrected chi connectivity index (χ1v) is 8.74. The second kappa shape index (κ2) is 6.56. The lowest BCUT2D eigenvalue weighted by atomic mass is 9.97. The molecule has 0 radical (unpaired) electrons. The van der Waals surface area contributed by atoms with Gasteiger partial charge in [-0.15, -0.1) is 0 Å². The summed E-state index contributed by atoms with van der Waals surface area (Å²) < 4.78 is 16.5. The normalized spacial score (nSPS) is 11.2. The number of fused-ring (bicyclic) bond motifs is 2. The molecule has 0 spiro atoms. The van der Waals surface area contributed by atoms with Gasteiger partial charge in [-0.25, -0.2) is 4.79 Å². The lowest BCUT2D eigenvalue weighted by molar-refractivity contribution is -0.136. The first-order chi connectivity index (χ1) is 13.4. The van der Waals surface area contributed by atoms with E-state index in [9.17, 15) is 9.59 Å². The van der Waals surface area contributed by atoms with E-state index in [1.54, 1.807) is 20.3 Å². The van der Waals surface area contributed by atoms with E-state index in [0.29, 0.717) is 27.7 Å². The number of furan rings is 1. The molecule has 0 aliphatic rings. The van der Waals surface area contributed by atoms with Gasteiger partial charge in [0, 0.05) is 21.9 Å². The summed E-state index contributed by atoms with van der Waals surface area (Å²) in [4.78, 5) is 23.4. The van der Waals surface area contributed by atoms with E-state index in [1.807, 2.05) is 37.3 Å². The summed E-state index contributed by atoms with van der Waals surface area (Å²) in [6.07, 6.45) is 1.29. The Morgan fingerprint density at radius 1 is 1.07 bits per heavy atom. The van der Waals surface area contributed by atoms with Crippen molar-refractivity contribution in [3.05, 3.63) is 63.7 Å². The number of methoxy groups -OCH3 is 1. The molecule has 1 N–H and O–H groups in total. The van der Waals surface area contributed by atoms with Crippen molar-refractivity contribution < 1.29 is 23.5 Å². The Labute approximate surface area is 160 Å². The quantitative estimate of drug-likeness (QED) is 0.527. The van der Waals surface area contributed by atoms with E-state index in [0.717, 1.165) is 22.3 Å². The Morgan fingerprint density at radius 2 is 1.79 bits per heavy atom. The van der Waals surface area contributed by atoms with Gasteiger partial charge >= 0.3 is 11.6 Å². The average molecular weight is 378 g/mol. The van der Waals surface area contributed by atoms with Crippen molar-refractivity contribution in [3.8, 4) is 16.9 Å². The summed E-state index contributed by atoms with van der Waals surface area (Å²) in [6, 6.07) is 9.52. The molecule has 4 aromatic rings. The predicted molar refractivity (Wildman–Crippen MR) is 105 cm³/mol. The molecule has 0 aliphatic carbocycles. The van der Waals surface area contributed by atoms with Gasteiger partial charge in [0.2, 0.25) is 0 Å². The van der Waals surface area contributed by atoms with Crippen LogP contribution >= 0.6 is 0 Å². The maximum absolute atomic E-state index is 12.3. The number of carbonyl (C=O) groups is 1. The zero-order valence-corrected chi connectivity index (χ0v) is 15.7. The molecule has 0 aliphatic heterocycles. The molecule has 142 valence electrons. The van der Waals surface area contributed by atoms with Crippen LogP contribution in [0.2, 0.25) is 0 Å². The Balaban J connectivity index is 2.01. The first-order valence-electron chi connectivity index (χ1n) is 8.74. The van der Waals surface area contributed by atoms with Gasteiger partial charge < -0.3 is 18.7 Å². The molecular weight excluding hydrogens is 360 g/mol. The lowest BCUT2D eigenvalue weighted by Crippen LogP contribution is -2.15. The summed E-state index contributed by atoms with van der Waals surface area (Å²) in [5.74, 6) is -0.316. The summed E-state index contributed by atoms with van der Waals surface area (Å²) in [6.45, 7) is 3.57. The van der Waals surface area contributed by atoms with Crippen molar-refractivity contribution in [3.63, 3.8) is 0 Å². The molecule has 2 aromatic carbocycles. The van der Waals surface area contributed by atoms with Crippen LogP contribution in [0.5, 0.6) is 5.75 Å². The fourth-order valence-corrected chi connectivity index (χ4v) is 3.55. The predicted octanol–water partition coefficient (Wildman–Crippen LogP) is 4.46. The maximum Gasteiger partial charge on any atom is 0.340 e. The number of hydrogen-bond acceptors (Lipinski definition) is 5. The van der Waals surface area contributed by atoms with Gasteiger partial charge in [-0.1, -0.05) is 12.1 Å². The van der Waals surface area contributed by atoms with Crippen LogP contribution in [-0.2, 0) is 11.2 Å². The Bertz CT molecular complexity index is 1270. The summed E-state index contributed by atoms with van der Waals surface area (Å²) in [5, 5.41) is 10.7. The fourth-order valence-electron chi connectivity index (χ4n) is 3.55. The maximum atomic E-state index is 12.3. The molecule has 0 unspecified atom stereocenters. The molecule has 6 heteroatoms. The highest BCUT2D eigenvalue weighted by atomic mass is 16.5. The fraction of sp³-hybridized carbons (Fsp3) is 0.182. The van der Waals surface area contributed by atoms with Crippen molar-refractivity contribution >= 4 is 27.9 Å². The van der Waals surface area contributed by atoms with Crippen molar-refractivity contribution in [2.24, 2.45) is 0 Å². The number of carboxylic acids is 1. The lowest BCUT2D eigenvalue weighted by Gasteiger charge is -2.09. The molecular formula is C22H18O6. The molecule has 0 atom stereocenters. The monoisotopic (exact) mass is 378 g/mol. The van der Waals surface area contributed by atoms with Crippen LogP contribution in [0, 0.1) is 13.8 Å². The van der Waals surface area contributed by atoms with Crippen molar-refractivity contribution in [2.45, 2.75) is 20.3 Å². The molecule has 4 rings (SSSR count). The number of aliphatic carboxylic acids is 1. The van der Waals surface area contributed by atoms with Crippen LogP contribution in [0.1, 0.15) is 16.7 Å². The smallest absolute Gasteiger partial charge is 0.340 e. The third kappa shape index (κ3) is 2.74. The minimum atomic E-state index is -1.07. The zero-order valence-electron chi connectivity index (χ0n) is 15.7. The van der Waals surface area contributed by atoms with Gasteiger partial charge in [-0.2, -0.15) is 0 Å². The van der Waals surface area contributed by atoms with Gasteiger partial charge in [0.25, 0.3) is 0 Å². The molecule has 6 nitrogen and oxygen atoms in total. The highest BCUT2D eigenvalue weighted by Gasteiger charge is 2.20. The molecule has 0 saturated heterocycles. The second-order valence-corrected chi connectivity index (χ2v) is 6.70.